The van der Waals surface area contributed by atoms with Gasteiger partial charge in [0.05, 0.1) is 0 Å². The molecule has 1 aromatic rings. The maximum Gasteiger partial charge on any atom is 0.286 e. The third-order valence-corrected chi connectivity index (χ3v) is 2.78. The summed E-state index contributed by atoms with van der Waals surface area (Å²) in [5.74, 6) is 1.17. The zero-order valence-corrected chi connectivity index (χ0v) is 12.6. The van der Waals surface area contributed by atoms with Gasteiger partial charge in [-0.3, -0.25) is 4.79 Å². The van der Waals surface area contributed by atoms with Crippen LogP contribution in [0, 0.1) is 0 Å². The van der Waals surface area contributed by atoms with E-state index < -0.39 is 0 Å². The summed E-state index contributed by atoms with van der Waals surface area (Å²) in [6.45, 7) is 15.2. The van der Waals surface area contributed by atoms with Crippen LogP contribution in [0.1, 0.15) is 70.3 Å². The Morgan fingerprint density at radius 3 is 2.06 bits per heavy atom. The van der Waals surface area contributed by atoms with Gasteiger partial charge in [0, 0.05) is 17.5 Å². The van der Waals surface area contributed by atoms with E-state index >= 15 is 0 Å². The lowest BCUT2D eigenvalue weighted by Crippen LogP contribution is -2.22. The summed E-state index contributed by atoms with van der Waals surface area (Å²) in [6, 6.07) is 1.88. The molecule has 0 saturated carbocycles. The van der Waals surface area contributed by atoms with Crippen LogP contribution >= 0.6 is 0 Å². The van der Waals surface area contributed by atoms with Crippen molar-refractivity contribution in [1.29, 1.82) is 0 Å². The summed E-state index contributed by atoms with van der Waals surface area (Å²) in [4.78, 5) is 11.9. The Morgan fingerprint density at radius 1 is 1.17 bits per heavy atom. The molecule has 0 aliphatic heterocycles. The summed E-state index contributed by atoms with van der Waals surface area (Å²) in [7, 11) is 0. The van der Waals surface area contributed by atoms with Crippen LogP contribution in [-0.4, -0.2) is 12.5 Å². The Kier molecular flexibility index (Phi) is 3.94. The van der Waals surface area contributed by atoms with E-state index in [4.69, 9.17) is 4.42 Å². The second-order valence-corrected chi connectivity index (χ2v) is 6.71. The van der Waals surface area contributed by atoms with Crippen molar-refractivity contribution in [3.8, 4) is 0 Å². The molecule has 1 aromatic heterocycles. The number of rotatable bonds is 2. The van der Waals surface area contributed by atoms with E-state index in [1.54, 1.807) is 0 Å². The van der Waals surface area contributed by atoms with Crippen LogP contribution in [0.3, 0.4) is 0 Å². The number of amides is 1. The van der Waals surface area contributed by atoms with Gasteiger partial charge in [-0.25, -0.2) is 0 Å². The maximum absolute atomic E-state index is 11.9. The van der Waals surface area contributed by atoms with Gasteiger partial charge >= 0.3 is 0 Å². The first-order chi connectivity index (χ1) is 8.07. The van der Waals surface area contributed by atoms with E-state index in [0.29, 0.717) is 12.3 Å². The van der Waals surface area contributed by atoms with Crippen LogP contribution in [0.2, 0.25) is 0 Å². The van der Waals surface area contributed by atoms with Crippen molar-refractivity contribution in [2.24, 2.45) is 0 Å². The first-order valence-corrected chi connectivity index (χ1v) is 6.50. The van der Waals surface area contributed by atoms with Crippen molar-refractivity contribution in [3.63, 3.8) is 0 Å². The molecule has 3 nitrogen and oxygen atoms in total. The van der Waals surface area contributed by atoms with Crippen LogP contribution in [0.5, 0.6) is 0 Å². The fraction of sp³-hybridized carbons (Fsp3) is 0.667. The second kappa shape index (κ2) is 4.79. The van der Waals surface area contributed by atoms with Gasteiger partial charge in [0.15, 0.2) is 5.76 Å². The lowest BCUT2D eigenvalue weighted by Gasteiger charge is -2.24. The smallest absolute Gasteiger partial charge is 0.286 e. The van der Waals surface area contributed by atoms with Crippen LogP contribution in [0.4, 0.5) is 0 Å². The topological polar surface area (TPSA) is 42.2 Å². The van der Waals surface area contributed by atoms with Crippen LogP contribution < -0.4 is 5.32 Å². The molecule has 0 bridgehead atoms. The van der Waals surface area contributed by atoms with Crippen molar-refractivity contribution in [2.45, 2.75) is 59.3 Å². The zero-order valence-electron chi connectivity index (χ0n) is 12.6. The Bertz CT molecular complexity index is 399. The van der Waals surface area contributed by atoms with Gasteiger partial charge in [0.1, 0.15) is 5.76 Å². The molecule has 0 unspecified atom stereocenters. The Hall–Kier alpha value is -1.25. The largest absolute Gasteiger partial charge is 0.455 e. The van der Waals surface area contributed by atoms with Crippen LogP contribution in [-0.2, 0) is 10.8 Å². The zero-order chi connectivity index (χ0) is 14.1. The first-order valence-electron chi connectivity index (χ1n) is 6.50. The highest BCUT2D eigenvalue weighted by Crippen LogP contribution is 2.36. The minimum atomic E-state index is -0.140. The highest BCUT2D eigenvalue weighted by atomic mass is 16.4. The number of hydrogen-bond acceptors (Lipinski definition) is 2. The summed E-state index contributed by atoms with van der Waals surface area (Å²) in [6.07, 6.45) is 0. The first kappa shape index (κ1) is 14.8. The quantitative estimate of drug-likeness (QED) is 0.872. The Morgan fingerprint density at radius 2 is 1.72 bits per heavy atom. The van der Waals surface area contributed by atoms with E-state index in [1.807, 2.05) is 13.0 Å². The van der Waals surface area contributed by atoms with Crippen molar-refractivity contribution in [3.05, 3.63) is 23.2 Å². The van der Waals surface area contributed by atoms with Crippen molar-refractivity contribution in [1.82, 2.24) is 5.32 Å². The molecule has 0 atom stereocenters. The maximum atomic E-state index is 11.9. The number of hydrogen-bond donors (Lipinski definition) is 1. The molecule has 102 valence electrons. The lowest BCUT2D eigenvalue weighted by molar-refractivity contribution is 0.0924. The Labute approximate surface area is 110 Å². The summed E-state index contributed by atoms with van der Waals surface area (Å²) >= 11 is 0. The third-order valence-electron chi connectivity index (χ3n) is 2.78. The molecule has 0 aliphatic carbocycles. The number of carbonyl (C=O) groups is 1. The average Bonchev–Trinajstić information content (AvgIpc) is 2.60. The fourth-order valence-electron chi connectivity index (χ4n) is 1.86. The van der Waals surface area contributed by atoms with E-state index in [1.165, 1.54) is 0 Å². The third kappa shape index (κ3) is 3.15. The molecule has 0 fully saturated rings. The summed E-state index contributed by atoms with van der Waals surface area (Å²) in [5.41, 5.74) is 0.973. The number of carbonyl (C=O) groups excluding carboxylic acids is 1. The van der Waals surface area contributed by atoms with Crippen molar-refractivity contribution < 1.29 is 9.21 Å². The summed E-state index contributed by atoms with van der Waals surface area (Å²) < 4.78 is 5.81. The lowest BCUT2D eigenvalue weighted by atomic mass is 9.80. The van der Waals surface area contributed by atoms with E-state index in [-0.39, 0.29) is 16.7 Å². The molecule has 0 aliphatic rings. The van der Waals surface area contributed by atoms with Gasteiger partial charge in [-0.1, -0.05) is 41.5 Å². The molecule has 1 N–H and O–H groups in total. The molecule has 0 spiro atoms. The minimum absolute atomic E-state index is 0.0309. The highest BCUT2D eigenvalue weighted by molar-refractivity contribution is 5.91. The second-order valence-electron chi connectivity index (χ2n) is 6.71. The van der Waals surface area contributed by atoms with E-state index in [9.17, 15) is 4.79 Å². The molecule has 0 aromatic carbocycles. The molecular formula is C15H25NO2. The highest BCUT2D eigenvalue weighted by Gasteiger charge is 2.31. The molecule has 0 saturated heterocycles. The molecule has 1 amide bonds. The SMILES string of the molecule is CCNC(=O)c1cc(C(C)(C)C)c(C(C)(C)C)o1. The van der Waals surface area contributed by atoms with Crippen LogP contribution in [0.15, 0.2) is 10.5 Å². The molecule has 0 radical (unpaired) electrons. The van der Waals surface area contributed by atoms with Crippen LogP contribution in [0.25, 0.3) is 0 Å². The van der Waals surface area contributed by atoms with Gasteiger partial charge < -0.3 is 9.73 Å². The van der Waals surface area contributed by atoms with Gasteiger partial charge in [0.2, 0.25) is 0 Å². The van der Waals surface area contributed by atoms with Gasteiger partial charge in [-0.2, -0.15) is 0 Å². The van der Waals surface area contributed by atoms with Gasteiger partial charge in [-0.05, 0) is 18.4 Å². The monoisotopic (exact) mass is 251 g/mol. The number of furan rings is 1. The van der Waals surface area contributed by atoms with Gasteiger partial charge in [-0.15, -0.1) is 0 Å². The predicted octanol–water partition coefficient (Wildman–Crippen LogP) is 3.62. The predicted molar refractivity (Wildman–Crippen MR) is 74.1 cm³/mol. The van der Waals surface area contributed by atoms with E-state index in [2.05, 4.69) is 46.9 Å². The standard InChI is InChI=1S/C15H25NO2/c1-8-16-13(17)11-9-10(14(2,3)4)12(18-11)15(5,6)7/h9H,8H2,1-7H3,(H,16,17). The molecule has 3 heteroatoms. The molecule has 18 heavy (non-hydrogen) atoms. The molecule has 1 rings (SSSR count). The minimum Gasteiger partial charge on any atom is -0.455 e. The molecular weight excluding hydrogens is 226 g/mol. The average molecular weight is 251 g/mol. The fourth-order valence-corrected chi connectivity index (χ4v) is 1.86. The van der Waals surface area contributed by atoms with E-state index in [0.717, 1.165) is 11.3 Å². The number of nitrogens with one attached hydrogen (secondary N) is 1. The normalized spacial score (nSPS) is 12.6. The molecule has 1 heterocycles. The van der Waals surface area contributed by atoms with Crippen molar-refractivity contribution in [2.75, 3.05) is 6.54 Å². The summed E-state index contributed by atoms with van der Waals surface area (Å²) in [5, 5.41) is 2.77. The van der Waals surface area contributed by atoms with Gasteiger partial charge in [0.25, 0.3) is 5.91 Å². The van der Waals surface area contributed by atoms with Crippen molar-refractivity contribution >= 4 is 5.91 Å². The Balaban J connectivity index is 3.29.